The van der Waals surface area contributed by atoms with E-state index in [2.05, 4.69) is 5.32 Å². The maximum absolute atomic E-state index is 11.8. The van der Waals surface area contributed by atoms with Crippen LogP contribution in [0.2, 0.25) is 0 Å². The van der Waals surface area contributed by atoms with Crippen LogP contribution in [0.4, 0.5) is 0 Å². The third-order valence-electron chi connectivity index (χ3n) is 2.85. The van der Waals surface area contributed by atoms with Crippen LogP contribution in [0.5, 0.6) is 5.75 Å². The summed E-state index contributed by atoms with van der Waals surface area (Å²) in [6.45, 7) is 4.07. The van der Waals surface area contributed by atoms with Gasteiger partial charge in [0, 0.05) is 24.7 Å². The highest BCUT2D eigenvalue weighted by atomic mass is 16.3. The second kappa shape index (κ2) is 6.05. The summed E-state index contributed by atoms with van der Waals surface area (Å²) in [5.41, 5.74) is 0.883. The predicted molar refractivity (Wildman–Crippen MR) is 68.5 cm³/mol. The highest BCUT2D eigenvalue weighted by Gasteiger charge is 2.13. The molecule has 0 aliphatic carbocycles. The fourth-order valence-electron chi connectivity index (χ4n) is 1.43. The zero-order chi connectivity index (χ0) is 13.7. The molecule has 1 aromatic rings. The Morgan fingerprint density at radius 3 is 2.67 bits per heavy atom. The number of benzene rings is 1. The number of hydrogen-bond donors (Lipinski definition) is 2. The number of carbonyl (C=O) groups excluding carboxylic acids is 2. The van der Waals surface area contributed by atoms with Crippen LogP contribution >= 0.6 is 0 Å². The van der Waals surface area contributed by atoms with Crippen LogP contribution in [0.15, 0.2) is 18.2 Å². The molecule has 2 amide bonds. The highest BCUT2D eigenvalue weighted by molar-refractivity contribution is 5.98. The Morgan fingerprint density at radius 2 is 2.06 bits per heavy atom. The fourth-order valence-corrected chi connectivity index (χ4v) is 1.43. The van der Waals surface area contributed by atoms with E-state index in [0.717, 1.165) is 0 Å². The van der Waals surface area contributed by atoms with Gasteiger partial charge in [-0.3, -0.25) is 9.59 Å². The van der Waals surface area contributed by atoms with Crippen molar-refractivity contribution in [3.63, 3.8) is 0 Å². The summed E-state index contributed by atoms with van der Waals surface area (Å²) < 4.78 is 0. The van der Waals surface area contributed by atoms with E-state index in [0.29, 0.717) is 17.7 Å². The van der Waals surface area contributed by atoms with E-state index in [1.807, 2.05) is 6.92 Å². The van der Waals surface area contributed by atoms with Crippen molar-refractivity contribution < 1.29 is 14.7 Å². The van der Waals surface area contributed by atoms with Gasteiger partial charge in [0.25, 0.3) is 5.91 Å². The SMILES string of the molecule is CCN(C)C(=O)CNC(=O)c1cccc(O)c1C. The second-order valence-corrected chi connectivity index (χ2v) is 4.04. The van der Waals surface area contributed by atoms with Crippen molar-refractivity contribution in [1.29, 1.82) is 0 Å². The van der Waals surface area contributed by atoms with Gasteiger partial charge in [-0.05, 0) is 26.0 Å². The molecule has 0 fully saturated rings. The van der Waals surface area contributed by atoms with Crippen molar-refractivity contribution in [3.05, 3.63) is 29.3 Å². The topological polar surface area (TPSA) is 69.6 Å². The molecule has 0 atom stereocenters. The Morgan fingerprint density at radius 1 is 1.39 bits per heavy atom. The van der Waals surface area contributed by atoms with Crippen LogP contribution < -0.4 is 5.32 Å². The smallest absolute Gasteiger partial charge is 0.252 e. The second-order valence-electron chi connectivity index (χ2n) is 4.04. The van der Waals surface area contributed by atoms with Crippen LogP contribution in [-0.2, 0) is 4.79 Å². The number of hydrogen-bond acceptors (Lipinski definition) is 3. The van der Waals surface area contributed by atoms with E-state index in [1.165, 1.54) is 11.0 Å². The zero-order valence-corrected chi connectivity index (χ0v) is 10.9. The molecule has 0 bridgehead atoms. The monoisotopic (exact) mass is 250 g/mol. The lowest BCUT2D eigenvalue weighted by Gasteiger charge is -2.15. The fraction of sp³-hybridized carbons (Fsp3) is 0.385. The Labute approximate surface area is 106 Å². The average molecular weight is 250 g/mol. The summed E-state index contributed by atoms with van der Waals surface area (Å²) in [6, 6.07) is 4.72. The molecular weight excluding hydrogens is 232 g/mol. The third-order valence-corrected chi connectivity index (χ3v) is 2.85. The number of rotatable bonds is 4. The summed E-state index contributed by atoms with van der Waals surface area (Å²) >= 11 is 0. The van der Waals surface area contributed by atoms with Crippen LogP contribution in [0, 0.1) is 6.92 Å². The van der Waals surface area contributed by atoms with Crippen LogP contribution in [0.1, 0.15) is 22.8 Å². The lowest BCUT2D eigenvalue weighted by molar-refractivity contribution is -0.128. The first-order valence-electron chi connectivity index (χ1n) is 5.78. The van der Waals surface area contributed by atoms with Gasteiger partial charge in [-0.1, -0.05) is 6.07 Å². The molecule has 0 radical (unpaired) electrons. The third kappa shape index (κ3) is 3.23. The maximum atomic E-state index is 11.8. The zero-order valence-electron chi connectivity index (χ0n) is 10.9. The van der Waals surface area contributed by atoms with Gasteiger partial charge in [0.1, 0.15) is 5.75 Å². The first-order chi connectivity index (χ1) is 8.47. The largest absolute Gasteiger partial charge is 0.508 e. The van der Waals surface area contributed by atoms with E-state index in [9.17, 15) is 14.7 Å². The first kappa shape index (κ1) is 14.0. The molecule has 0 aliphatic rings. The molecule has 18 heavy (non-hydrogen) atoms. The Balaban J connectivity index is 2.67. The molecule has 0 unspecified atom stereocenters. The van der Waals surface area contributed by atoms with E-state index in [1.54, 1.807) is 26.1 Å². The standard InChI is InChI=1S/C13H18N2O3/c1-4-15(3)12(17)8-14-13(18)10-6-5-7-11(16)9(10)2/h5-7,16H,4,8H2,1-3H3,(H,14,18). The Bertz CT molecular complexity index is 458. The van der Waals surface area contributed by atoms with Crippen LogP contribution in [0.3, 0.4) is 0 Å². The molecule has 0 aromatic heterocycles. The van der Waals surface area contributed by atoms with E-state index in [-0.39, 0.29) is 24.1 Å². The van der Waals surface area contributed by atoms with Crippen LogP contribution in [0.25, 0.3) is 0 Å². The molecule has 0 saturated carbocycles. The summed E-state index contributed by atoms with van der Waals surface area (Å²) in [4.78, 5) is 24.9. The molecule has 2 N–H and O–H groups in total. The number of phenolic OH excluding ortho intramolecular Hbond substituents is 1. The Kier molecular flexibility index (Phi) is 4.71. The molecule has 0 heterocycles. The van der Waals surface area contributed by atoms with Crippen molar-refractivity contribution >= 4 is 11.8 Å². The van der Waals surface area contributed by atoms with Crippen molar-refractivity contribution in [2.24, 2.45) is 0 Å². The number of carbonyl (C=O) groups is 2. The van der Waals surface area contributed by atoms with Gasteiger partial charge in [0.05, 0.1) is 6.54 Å². The summed E-state index contributed by atoms with van der Waals surface area (Å²) in [7, 11) is 1.67. The number of amides is 2. The quantitative estimate of drug-likeness (QED) is 0.834. The van der Waals surface area contributed by atoms with Crippen molar-refractivity contribution in [2.75, 3.05) is 20.1 Å². The molecule has 0 aliphatic heterocycles. The van der Waals surface area contributed by atoms with Gasteiger partial charge in [-0.2, -0.15) is 0 Å². The minimum atomic E-state index is -0.360. The number of aromatic hydroxyl groups is 1. The predicted octanol–water partition coefficient (Wildman–Crippen LogP) is 0.909. The number of nitrogens with zero attached hydrogens (tertiary/aromatic N) is 1. The molecule has 1 rings (SSSR count). The van der Waals surface area contributed by atoms with Crippen molar-refractivity contribution in [3.8, 4) is 5.75 Å². The van der Waals surface area contributed by atoms with Gasteiger partial charge in [-0.25, -0.2) is 0 Å². The Hall–Kier alpha value is -2.04. The number of phenols is 1. The van der Waals surface area contributed by atoms with Crippen molar-refractivity contribution in [1.82, 2.24) is 10.2 Å². The van der Waals surface area contributed by atoms with Gasteiger partial charge in [-0.15, -0.1) is 0 Å². The van der Waals surface area contributed by atoms with E-state index in [4.69, 9.17) is 0 Å². The van der Waals surface area contributed by atoms with E-state index >= 15 is 0 Å². The average Bonchev–Trinajstić information content (AvgIpc) is 2.37. The van der Waals surface area contributed by atoms with E-state index < -0.39 is 0 Å². The molecule has 5 nitrogen and oxygen atoms in total. The van der Waals surface area contributed by atoms with Gasteiger partial charge < -0.3 is 15.3 Å². The molecule has 98 valence electrons. The van der Waals surface area contributed by atoms with Gasteiger partial charge in [0.2, 0.25) is 5.91 Å². The lowest BCUT2D eigenvalue weighted by Crippen LogP contribution is -2.38. The lowest BCUT2D eigenvalue weighted by atomic mass is 10.1. The summed E-state index contributed by atoms with van der Waals surface area (Å²) in [5, 5.41) is 12.0. The molecule has 0 saturated heterocycles. The van der Waals surface area contributed by atoms with Crippen LogP contribution in [-0.4, -0.2) is 42.0 Å². The van der Waals surface area contributed by atoms with Crippen molar-refractivity contribution in [2.45, 2.75) is 13.8 Å². The minimum Gasteiger partial charge on any atom is -0.508 e. The number of nitrogens with one attached hydrogen (secondary N) is 1. The molecule has 5 heteroatoms. The summed E-state index contributed by atoms with van der Waals surface area (Å²) in [6.07, 6.45) is 0. The summed E-state index contributed by atoms with van der Waals surface area (Å²) in [5.74, 6) is -0.440. The van der Waals surface area contributed by atoms with Gasteiger partial charge in [0.15, 0.2) is 0 Å². The van der Waals surface area contributed by atoms with Gasteiger partial charge >= 0.3 is 0 Å². The minimum absolute atomic E-state index is 0.0434. The molecule has 1 aromatic carbocycles. The number of likely N-dealkylation sites (N-methyl/N-ethyl adjacent to an activating group) is 1. The normalized spacial score (nSPS) is 9.94. The maximum Gasteiger partial charge on any atom is 0.252 e. The first-order valence-corrected chi connectivity index (χ1v) is 5.78. The molecular formula is C13H18N2O3. The molecule has 0 spiro atoms. The highest BCUT2D eigenvalue weighted by Crippen LogP contribution is 2.19.